The number of thiophene rings is 1. The van der Waals surface area contributed by atoms with E-state index in [1.807, 2.05) is 36.0 Å². The lowest BCUT2D eigenvalue weighted by Crippen LogP contribution is -2.35. The van der Waals surface area contributed by atoms with Gasteiger partial charge >= 0.3 is 0 Å². The van der Waals surface area contributed by atoms with Crippen LogP contribution >= 0.6 is 48.4 Å². The van der Waals surface area contributed by atoms with Crippen molar-refractivity contribution in [2.75, 3.05) is 12.4 Å². The van der Waals surface area contributed by atoms with E-state index in [1.165, 1.54) is 23.5 Å². The number of anilines is 1. The maximum Gasteiger partial charge on any atom is 0.230 e. The Balaban J connectivity index is 0.00000220. The van der Waals surface area contributed by atoms with Crippen LogP contribution in [0.15, 0.2) is 73.2 Å². The van der Waals surface area contributed by atoms with Crippen molar-refractivity contribution >= 4 is 75.3 Å². The molecule has 0 aliphatic heterocycles. The number of carbonyl (C=O) groups excluding carboxylic acids is 1. The van der Waals surface area contributed by atoms with Gasteiger partial charge in [-0.15, -0.1) is 36.2 Å². The van der Waals surface area contributed by atoms with Gasteiger partial charge in [0.15, 0.2) is 16.7 Å². The third-order valence-electron chi connectivity index (χ3n) is 5.62. The smallest absolute Gasteiger partial charge is 0.230 e. The average molecular weight is 621 g/mol. The van der Waals surface area contributed by atoms with Gasteiger partial charge in [0, 0.05) is 49.0 Å². The van der Waals surface area contributed by atoms with Crippen molar-refractivity contribution in [1.29, 1.82) is 0 Å². The molecule has 0 aliphatic carbocycles. The molecule has 2 aromatic carbocycles. The zero-order valence-corrected chi connectivity index (χ0v) is 24.5. The number of para-hydroxylation sites is 1. The quantitative estimate of drug-likeness (QED) is 0.200. The number of rotatable bonds is 7. The minimum atomic E-state index is -0.594. The van der Waals surface area contributed by atoms with E-state index in [2.05, 4.69) is 20.6 Å². The predicted molar refractivity (Wildman–Crippen MR) is 164 cm³/mol. The maximum absolute atomic E-state index is 15.0. The van der Waals surface area contributed by atoms with Crippen LogP contribution in [0.3, 0.4) is 0 Å². The van der Waals surface area contributed by atoms with Crippen molar-refractivity contribution in [2.45, 2.75) is 6.42 Å². The SMILES string of the molecule is COc1ccccc1CC(=O)NC(=S)Nc1ccc(Oc2ccnc3cc(-c4nccn4C)sc23)c(F)c1.Cl.Cl. The molecular formula is C27H24Cl2FN5O3S2. The molecule has 8 nitrogen and oxygen atoms in total. The van der Waals surface area contributed by atoms with Crippen molar-refractivity contribution in [3.05, 3.63) is 84.6 Å². The second kappa shape index (κ2) is 13.5. The van der Waals surface area contributed by atoms with Gasteiger partial charge in [0.2, 0.25) is 5.91 Å². The van der Waals surface area contributed by atoms with E-state index in [0.717, 1.165) is 26.5 Å². The van der Waals surface area contributed by atoms with Crippen molar-refractivity contribution in [3.8, 4) is 28.0 Å². The molecule has 0 saturated heterocycles. The fourth-order valence-corrected chi connectivity index (χ4v) is 5.18. The number of fused-ring (bicyclic) bond motifs is 1. The van der Waals surface area contributed by atoms with Crippen molar-refractivity contribution in [1.82, 2.24) is 19.9 Å². The highest BCUT2D eigenvalue weighted by Gasteiger charge is 2.15. The molecule has 40 heavy (non-hydrogen) atoms. The van der Waals surface area contributed by atoms with E-state index >= 15 is 0 Å². The average Bonchev–Trinajstić information content (AvgIpc) is 3.52. The van der Waals surface area contributed by atoms with Crippen LogP contribution in [0.2, 0.25) is 0 Å². The number of nitrogens with one attached hydrogen (secondary N) is 2. The predicted octanol–water partition coefficient (Wildman–Crippen LogP) is 6.54. The van der Waals surface area contributed by atoms with Crippen molar-refractivity contribution < 1.29 is 18.7 Å². The van der Waals surface area contributed by atoms with Crippen LogP contribution in [-0.2, 0) is 18.3 Å². The Morgan fingerprint density at radius 3 is 2.58 bits per heavy atom. The Morgan fingerprint density at radius 1 is 1.05 bits per heavy atom. The lowest BCUT2D eigenvalue weighted by molar-refractivity contribution is -0.119. The standard InChI is InChI=1S/C27H22FN5O3S2.2ClH/c1-33-12-11-30-26(33)23-15-19-25(38-23)22(9-10-29-19)36-21-8-7-17(14-18(21)28)31-27(37)32-24(34)13-16-5-3-4-6-20(16)35-2;;/h3-12,14-15H,13H2,1-2H3,(H2,31,32,34,37);2*1H. The highest BCUT2D eigenvalue weighted by molar-refractivity contribution is 7.80. The van der Waals surface area contributed by atoms with Crippen LogP contribution in [-0.4, -0.2) is 32.7 Å². The number of carbonyl (C=O) groups is 1. The molecule has 13 heteroatoms. The lowest BCUT2D eigenvalue weighted by Gasteiger charge is -2.12. The summed E-state index contributed by atoms with van der Waals surface area (Å²) in [6.45, 7) is 0. The van der Waals surface area contributed by atoms with E-state index < -0.39 is 5.82 Å². The third-order valence-corrected chi connectivity index (χ3v) is 6.96. The second-order valence-corrected chi connectivity index (χ2v) is 9.69. The first kappa shape index (κ1) is 30.8. The number of hydrogen-bond donors (Lipinski definition) is 2. The summed E-state index contributed by atoms with van der Waals surface area (Å²) in [5.74, 6) is 1.03. The van der Waals surface area contributed by atoms with E-state index in [0.29, 0.717) is 17.2 Å². The number of benzene rings is 2. The molecule has 1 amide bonds. The molecule has 0 bridgehead atoms. The molecule has 5 rings (SSSR count). The topological polar surface area (TPSA) is 90.3 Å². The Morgan fingerprint density at radius 2 is 1.85 bits per heavy atom. The van der Waals surface area contributed by atoms with E-state index in [4.69, 9.17) is 21.7 Å². The summed E-state index contributed by atoms with van der Waals surface area (Å²) in [5.41, 5.74) is 1.83. The molecule has 0 spiro atoms. The fourth-order valence-electron chi connectivity index (χ4n) is 3.84. The zero-order valence-electron chi connectivity index (χ0n) is 21.2. The van der Waals surface area contributed by atoms with Gasteiger partial charge in [-0.3, -0.25) is 9.78 Å². The maximum atomic E-state index is 15.0. The van der Waals surface area contributed by atoms with Gasteiger partial charge in [0.1, 0.15) is 17.3 Å². The Kier molecular flexibility index (Phi) is 10.4. The number of ether oxygens (including phenoxy) is 2. The summed E-state index contributed by atoms with van der Waals surface area (Å²) in [5, 5.41) is 5.48. The molecule has 5 aromatic rings. The number of thiocarbonyl (C=S) groups is 1. The normalized spacial score (nSPS) is 10.3. The monoisotopic (exact) mass is 619 g/mol. The van der Waals surface area contributed by atoms with Gasteiger partial charge in [-0.2, -0.15) is 0 Å². The van der Waals surface area contributed by atoms with Crippen molar-refractivity contribution in [2.24, 2.45) is 7.05 Å². The molecule has 0 saturated carbocycles. The van der Waals surface area contributed by atoms with Crippen LogP contribution in [0.4, 0.5) is 10.1 Å². The molecule has 0 fully saturated rings. The van der Waals surface area contributed by atoms with Gasteiger partial charge in [0.25, 0.3) is 0 Å². The van der Waals surface area contributed by atoms with E-state index in [9.17, 15) is 9.18 Å². The highest BCUT2D eigenvalue weighted by Crippen LogP contribution is 2.39. The Bertz CT molecular complexity index is 1660. The van der Waals surface area contributed by atoms with Gasteiger partial charge in [-0.25, -0.2) is 9.37 Å². The number of aromatic nitrogens is 3. The van der Waals surface area contributed by atoms with Crippen molar-refractivity contribution in [3.63, 3.8) is 0 Å². The Hall–Kier alpha value is -3.77. The molecule has 0 atom stereocenters. The van der Waals surface area contributed by atoms with Gasteiger partial charge in [-0.05, 0) is 36.5 Å². The first-order valence-corrected chi connectivity index (χ1v) is 12.7. The molecular weight excluding hydrogens is 596 g/mol. The summed E-state index contributed by atoms with van der Waals surface area (Å²) >= 11 is 6.70. The molecule has 2 N–H and O–H groups in total. The number of amides is 1. The number of aryl methyl sites for hydroxylation is 1. The van der Waals surface area contributed by atoms with Crippen LogP contribution in [0.1, 0.15) is 5.56 Å². The fraction of sp³-hybridized carbons (Fsp3) is 0.111. The number of pyridine rings is 1. The molecule has 0 aliphatic rings. The molecule has 3 aromatic heterocycles. The molecule has 3 heterocycles. The first-order chi connectivity index (χ1) is 18.4. The van der Waals surface area contributed by atoms with Crippen LogP contribution < -0.4 is 20.1 Å². The summed E-state index contributed by atoms with van der Waals surface area (Å²) < 4.78 is 28.9. The number of imidazole rings is 1. The molecule has 208 valence electrons. The summed E-state index contributed by atoms with van der Waals surface area (Å²) in [6, 6.07) is 15.2. The van der Waals surface area contributed by atoms with Crippen LogP contribution in [0.25, 0.3) is 20.9 Å². The zero-order chi connectivity index (χ0) is 26.6. The molecule has 0 radical (unpaired) electrons. The third kappa shape index (κ3) is 6.86. The number of hydrogen-bond acceptors (Lipinski definition) is 7. The molecule has 0 unspecified atom stereocenters. The minimum Gasteiger partial charge on any atom is -0.496 e. The Labute approximate surface area is 251 Å². The van der Waals surface area contributed by atoms with Gasteiger partial charge in [0.05, 0.1) is 28.6 Å². The first-order valence-electron chi connectivity index (χ1n) is 11.5. The lowest BCUT2D eigenvalue weighted by atomic mass is 10.1. The number of halogens is 3. The summed E-state index contributed by atoms with van der Waals surface area (Å²) in [4.78, 5) is 22.1. The number of nitrogens with zero attached hydrogens (tertiary/aromatic N) is 3. The van der Waals surface area contributed by atoms with Gasteiger partial charge < -0.3 is 24.7 Å². The summed E-state index contributed by atoms with van der Waals surface area (Å²) in [6.07, 6.45) is 5.30. The highest BCUT2D eigenvalue weighted by atomic mass is 35.5. The van der Waals surface area contributed by atoms with E-state index in [1.54, 1.807) is 43.8 Å². The number of methoxy groups -OCH3 is 1. The second-order valence-electron chi connectivity index (χ2n) is 8.23. The minimum absolute atomic E-state index is 0. The summed E-state index contributed by atoms with van der Waals surface area (Å²) in [7, 11) is 3.46. The van der Waals surface area contributed by atoms with Crippen LogP contribution in [0, 0.1) is 5.82 Å². The van der Waals surface area contributed by atoms with Gasteiger partial charge in [-0.1, -0.05) is 18.2 Å². The van der Waals surface area contributed by atoms with Crippen LogP contribution in [0.5, 0.6) is 17.2 Å². The largest absolute Gasteiger partial charge is 0.496 e. The van der Waals surface area contributed by atoms with E-state index in [-0.39, 0.29) is 48.0 Å².